The number of alkyl halides is 13. The maximum atomic E-state index is 13.3. The first-order valence-electron chi connectivity index (χ1n) is 5.27. The molecule has 0 aliphatic carbocycles. The summed E-state index contributed by atoms with van der Waals surface area (Å²) in [6, 6.07) is -6.11. The molecule has 0 aromatic rings. The van der Waals surface area contributed by atoms with Crippen LogP contribution < -0.4 is 17.0 Å². The van der Waals surface area contributed by atoms with Gasteiger partial charge in [0, 0.05) is 0 Å². The van der Waals surface area contributed by atoms with Crippen LogP contribution in [-0.4, -0.2) is 61.5 Å². The van der Waals surface area contributed by atoms with Crippen molar-refractivity contribution in [2.45, 2.75) is 35.9 Å². The third-order valence-corrected chi connectivity index (χ3v) is 2.76. The molecule has 0 N–H and O–H groups in total. The van der Waals surface area contributed by atoms with Crippen LogP contribution in [0.1, 0.15) is 0 Å². The zero-order valence-corrected chi connectivity index (χ0v) is 13.3. The van der Waals surface area contributed by atoms with Gasteiger partial charge in [0.1, 0.15) is 0 Å². The monoisotopic (exact) mass is 457 g/mol. The van der Waals surface area contributed by atoms with E-state index in [0.29, 0.717) is 0 Å². The van der Waals surface area contributed by atoms with Crippen molar-refractivity contribution in [3.05, 3.63) is 0 Å². The molecule has 0 unspecified atom stereocenters. The Morgan fingerprint density at radius 1 is 0.458 bits per heavy atom. The largest absolute Gasteiger partial charge is 1.00 e. The average molecular weight is 458 g/mol. The van der Waals surface area contributed by atoms with Crippen molar-refractivity contribution in [1.82, 2.24) is 0 Å². The molecule has 0 aliphatic heterocycles. The molecule has 1 nitrogen and oxygen atoms in total. The van der Waals surface area contributed by atoms with Gasteiger partial charge in [0.2, 0.25) is 0 Å². The highest BCUT2D eigenvalue weighted by Gasteiger charge is 2.93. The minimum absolute atomic E-state index is 0. The highest BCUT2D eigenvalue weighted by molar-refractivity contribution is 5.08. The summed E-state index contributed by atoms with van der Waals surface area (Å²) in [6.45, 7) is 0. The summed E-state index contributed by atoms with van der Waals surface area (Å²) in [6.07, 6.45) is -7.39. The molecule has 0 saturated heterocycles. The molecular formula is C9H9BrF13N. The van der Waals surface area contributed by atoms with Crippen molar-refractivity contribution in [1.29, 1.82) is 0 Å². The van der Waals surface area contributed by atoms with Crippen molar-refractivity contribution >= 4 is 0 Å². The van der Waals surface area contributed by atoms with Crippen molar-refractivity contribution in [2.75, 3.05) is 21.1 Å². The molecule has 24 heavy (non-hydrogen) atoms. The summed E-state index contributed by atoms with van der Waals surface area (Å²) in [4.78, 5) is 0. The number of hydrogen-bond acceptors (Lipinski definition) is 0. The topological polar surface area (TPSA) is 0 Å². The van der Waals surface area contributed by atoms with E-state index in [1.54, 1.807) is 0 Å². The van der Waals surface area contributed by atoms with Crippen LogP contribution in [0.2, 0.25) is 0 Å². The van der Waals surface area contributed by atoms with Crippen LogP contribution in [0.25, 0.3) is 0 Å². The summed E-state index contributed by atoms with van der Waals surface area (Å²) in [5.41, 5.74) is 0. The quantitative estimate of drug-likeness (QED) is 0.332. The van der Waals surface area contributed by atoms with Gasteiger partial charge in [-0.05, 0) is 0 Å². The second-order valence-corrected chi connectivity index (χ2v) is 5.35. The minimum Gasteiger partial charge on any atom is -1.00 e. The zero-order chi connectivity index (χ0) is 19.5. The lowest BCUT2D eigenvalue weighted by atomic mass is 9.96. The molecular weight excluding hydrogens is 449 g/mol. The molecule has 0 saturated carbocycles. The Balaban J connectivity index is 0. The van der Waals surface area contributed by atoms with Gasteiger partial charge in [0.25, 0.3) is 0 Å². The number of halogens is 14. The van der Waals surface area contributed by atoms with Crippen molar-refractivity contribution < 1.29 is 78.5 Å². The normalized spacial score (nSPS) is 16.0. The molecule has 0 radical (unpaired) electrons. The Labute approximate surface area is 136 Å². The lowest BCUT2D eigenvalue weighted by molar-refractivity contribution is -0.975. The SMILES string of the molecule is C[N+](C)(C)C(F)(F)C(F)(F)C(F)(F)C(F)(F)C(F)(F)C(F)(F)F.[Br-]. The van der Waals surface area contributed by atoms with E-state index in [1.165, 1.54) is 0 Å². The van der Waals surface area contributed by atoms with Gasteiger partial charge in [-0.1, -0.05) is 0 Å². The van der Waals surface area contributed by atoms with Crippen LogP contribution in [0.15, 0.2) is 0 Å². The average Bonchev–Trinajstić information content (AvgIpc) is 2.24. The standard InChI is InChI=1S/C9H9F13N.BrH/c1-23(2,3)9(21,22)7(16,17)5(12,13)4(10,11)6(14,15)8(18,19)20;/h1-3H3;1H/q+1;/p-1. The Bertz CT molecular complexity index is 407. The third kappa shape index (κ3) is 3.17. The Morgan fingerprint density at radius 2 is 0.708 bits per heavy atom. The molecule has 0 amide bonds. The van der Waals surface area contributed by atoms with Gasteiger partial charge in [-0.2, -0.15) is 48.3 Å². The number of quaternary nitrogens is 1. The molecule has 148 valence electrons. The summed E-state index contributed by atoms with van der Waals surface area (Å²) >= 11 is 0. The van der Waals surface area contributed by atoms with E-state index in [-0.39, 0.29) is 38.1 Å². The molecule has 15 heteroatoms. The van der Waals surface area contributed by atoms with Crippen LogP contribution in [-0.2, 0) is 0 Å². The molecule has 0 rings (SSSR count). The molecule has 0 bridgehead atoms. The van der Waals surface area contributed by atoms with Gasteiger partial charge in [-0.25, -0.2) is 0 Å². The third-order valence-electron chi connectivity index (χ3n) is 2.76. The second-order valence-electron chi connectivity index (χ2n) is 5.35. The lowest BCUT2D eigenvalue weighted by Gasteiger charge is -2.43. The van der Waals surface area contributed by atoms with E-state index < -0.39 is 40.4 Å². The fourth-order valence-electron chi connectivity index (χ4n) is 1.18. The van der Waals surface area contributed by atoms with Gasteiger partial charge in [0.05, 0.1) is 21.1 Å². The fraction of sp³-hybridized carbons (Fsp3) is 1.00. The Morgan fingerprint density at radius 3 is 0.917 bits per heavy atom. The van der Waals surface area contributed by atoms with Crippen molar-refractivity contribution in [3.8, 4) is 0 Å². The van der Waals surface area contributed by atoms with Gasteiger partial charge < -0.3 is 17.0 Å². The maximum absolute atomic E-state index is 13.3. The minimum atomic E-state index is -7.85. The van der Waals surface area contributed by atoms with Crippen LogP contribution in [0.5, 0.6) is 0 Å². The first kappa shape index (κ1) is 25.8. The predicted molar refractivity (Wildman–Crippen MR) is 48.8 cm³/mol. The molecule has 0 spiro atoms. The Hall–Kier alpha value is -0.470. The summed E-state index contributed by atoms with van der Waals surface area (Å²) in [5, 5.41) is 0. The predicted octanol–water partition coefficient (Wildman–Crippen LogP) is 1.39. The lowest BCUT2D eigenvalue weighted by Crippen LogP contribution is -3.00. The first-order valence-corrected chi connectivity index (χ1v) is 5.27. The number of rotatable bonds is 5. The van der Waals surface area contributed by atoms with Gasteiger partial charge in [-0.15, -0.1) is 8.78 Å². The van der Waals surface area contributed by atoms with E-state index in [4.69, 9.17) is 0 Å². The van der Waals surface area contributed by atoms with Gasteiger partial charge in [0.15, 0.2) is 0 Å². The fourth-order valence-corrected chi connectivity index (χ4v) is 1.18. The number of nitrogens with zero attached hydrogens (tertiary/aromatic N) is 1. The summed E-state index contributed by atoms with van der Waals surface area (Å²) in [5.74, 6) is -30.5. The molecule has 0 aromatic carbocycles. The highest BCUT2D eigenvalue weighted by atomic mass is 79.9. The van der Waals surface area contributed by atoms with E-state index in [1.807, 2.05) is 0 Å². The van der Waals surface area contributed by atoms with Crippen LogP contribution in [0.4, 0.5) is 57.1 Å². The van der Waals surface area contributed by atoms with Crippen LogP contribution in [0, 0.1) is 0 Å². The molecule has 0 heterocycles. The van der Waals surface area contributed by atoms with Crippen molar-refractivity contribution in [3.63, 3.8) is 0 Å². The first-order chi connectivity index (χ1) is 9.50. The van der Waals surface area contributed by atoms with Gasteiger partial charge in [-0.3, -0.25) is 4.48 Å². The maximum Gasteiger partial charge on any atom is 0.461 e. The molecule has 0 atom stereocenters. The highest BCUT2D eigenvalue weighted by Crippen LogP contribution is 2.60. The molecule has 0 fully saturated rings. The van der Waals surface area contributed by atoms with E-state index in [9.17, 15) is 57.1 Å². The summed E-state index contributed by atoms with van der Waals surface area (Å²) in [7, 11) is 0.345. The second kappa shape index (κ2) is 6.06. The molecule has 0 aliphatic rings. The smallest absolute Gasteiger partial charge is 0.461 e. The summed E-state index contributed by atoms with van der Waals surface area (Å²) < 4.78 is 163. The van der Waals surface area contributed by atoms with Crippen molar-refractivity contribution in [2.24, 2.45) is 0 Å². The van der Waals surface area contributed by atoms with Crippen LogP contribution in [0.3, 0.4) is 0 Å². The van der Waals surface area contributed by atoms with Gasteiger partial charge >= 0.3 is 35.9 Å². The Kier molecular flexibility index (Phi) is 6.50. The van der Waals surface area contributed by atoms with E-state index >= 15 is 0 Å². The number of hydrogen-bond donors (Lipinski definition) is 0. The van der Waals surface area contributed by atoms with E-state index in [0.717, 1.165) is 0 Å². The van der Waals surface area contributed by atoms with E-state index in [2.05, 4.69) is 0 Å². The molecule has 0 aromatic heterocycles. The van der Waals surface area contributed by atoms with Crippen LogP contribution >= 0.6 is 0 Å². The zero-order valence-electron chi connectivity index (χ0n) is 11.7.